The van der Waals surface area contributed by atoms with Crippen LogP contribution in [-0.2, 0) is 4.74 Å². The monoisotopic (exact) mass is 186 g/mol. The molecule has 1 rings (SSSR count). The molecule has 1 fully saturated rings. The van der Waals surface area contributed by atoms with E-state index in [-0.39, 0.29) is 0 Å². The zero-order valence-corrected chi connectivity index (χ0v) is 8.83. The summed E-state index contributed by atoms with van der Waals surface area (Å²) in [7, 11) is 2.18. The van der Waals surface area contributed by atoms with Crippen LogP contribution in [0.5, 0.6) is 0 Å². The molecular formula is C10H22N2O. The number of hydrogen-bond acceptors (Lipinski definition) is 3. The molecule has 1 aliphatic heterocycles. The molecular weight excluding hydrogens is 164 g/mol. The molecule has 78 valence electrons. The van der Waals surface area contributed by atoms with E-state index in [1.165, 1.54) is 12.8 Å². The Morgan fingerprint density at radius 2 is 2.31 bits per heavy atom. The fraction of sp³-hybridized carbons (Fsp3) is 1.00. The van der Waals surface area contributed by atoms with Crippen LogP contribution in [0.4, 0.5) is 0 Å². The van der Waals surface area contributed by atoms with Crippen LogP contribution in [0.15, 0.2) is 0 Å². The number of hydrogen-bond donors (Lipinski definition) is 1. The van der Waals surface area contributed by atoms with Gasteiger partial charge in [-0.1, -0.05) is 0 Å². The molecule has 2 unspecified atom stereocenters. The van der Waals surface area contributed by atoms with Gasteiger partial charge in [0.1, 0.15) is 0 Å². The summed E-state index contributed by atoms with van der Waals surface area (Å²) in [5.74, 6) is 0. The first-order chi connectivity index (χ1) is 6.24. The van der Waals surface area contributed by atoms with E-state index in [0.29, 0.717) is 12.1 Å². The van der Waals surface area contributed by atoms with E-state index in [1.54, 1.807) is 0 Å². The van der Waals surface area contributed by atoms with Crippen LogP contribution in [0.1, 0.15) is 26.2 Å². The Kier molecular flexibility index (Phi) is 4.70. The highest BCUT2D eigenvalue weighted by atomic mass is 16.5. The molecule has 13 heavy (non-hydrogen) atoms. The summed E-state index contributed by atoms with van der Waals surface area (Å²) in [6.45, 7) is 4.99. The van der Waals surface area contributed by atoms with Gasteiger partial charge in [-0.2, -0.15) is 0 Å². The zero-order chi connectivity index (χ0) is 9.68. The predicted octanol–water partition coefficient (Wildman–Crippen LogP) is 0.835. The fourth-order valence-corrected chi connectivity index (χ4v) is 1.73. The van der Waals surface area contributed by atoms with Crippen LogP contribution in [-0.4, -0.2) is 43.8 Å². The summed E-state index contributed by atoms with van der Waals surface area (Å²) in [6.07, 6.45) is 3.80. The lowest BCUT2D eigenvalue weighted by atomic mass is 10.0. The predicted molar refractivity (Wildman–Crippen MR) is 54.7 cm³/mol. The summed E-state index contributed by atoms with van der Waals surface area (Å²) in [4.78, 5) is 2.39. The summed E-state index contributed by atoms with van der Waals surface area (Å²) >= 11 is 0. The topological polar surface area (TPSA) is 38.5 Å². The lowest BCUT2D eigenvalue weighted by Crippen LogP contribution is -2.40. The Morgan fingerprint density at radius 1 is 1.54 bits per heavy atom. The Hall–Kier alpha value is -0.120. The highest BCUT2D eigenvalue weighted by molar-refractivity contribution is 4.76. The van der Waals surface area contributed by atoms with Gasteiger partial charge < -0.3 is 15.4 Å². The highest BCUT2D eigenvalue weighted by Crippen LogP contribution is 2.17. The average Bonchev–Trinajstić information content (AvgIpc) is 2.12. The van der Waals surface area contributed by atoms with Crippen molar-refractivity contribution in [3.05, 3.63) is 0 Å². The largest absolute Gasteiger partial charge is 0.378 e. The first-order valence-electron chi connectivity index (χ1n) is 5.26. The second-order valence-corrected chi connectivity index (χ2v) is 3.99. The Labute approximate surface area is 81.2 Å². The van der Waals surface area contributed by atoms with Crippen molar-refractivity contribution in [2.45, 2.75) is 38.3 Å². The molecule has 0 spiro atoms. The molecule has 0 saturated carbocycles. The van der Waals surface area contributed by atoms with Gasteiger partial charge in [0.05, 0.1) is 6.10 Å². The summed E-state index contributed by atoms with van der Waals surface area (Å²) in [5.41, 5.74) is 5.41. The number of rotatable bonds is 4. The number of nitrogens with two attached hydrogens (primary N) is 1. The highest BCUT2D eigenvalue weighted by Gasteiger charge is 2.22. The van der Waals surface area contributed by atoms with Gasteiger partial charge in [-0.05, 0) is 39.8 Å². The van der Waals surface area contributed by atoms with E-state index in [4.69, 9.17) is 10.5 Å². The quantitative estimate of drug-likeness (QED) is 0.661. The first-order valence-corrected chi connectivity index (χ1v) is 5.26. The van der Waals surface area contributed by atoms with E-state index in [0.717, 1.165) is 26.1 Å². The molecule has 1 aliphatic rings. The Bertz CT molecular complexity index is 141. The van der Waals surface area contributed by atoms with Crippen LogP contribution in [0, 0.1) is 0 Å². The summed E-state index contributed by atoms with van der Waals surface area (Å²) < 4.78 is 5.74. The maximum absolute atomic E-state index is 5.74. The van der Waals surface area contributed by atoms with Gasteiger partial charge in [0, 0.05) is 19.2 Å². The molecule has 0 aliphatic carbocycles. The van der Waals surface area contributed by atoms with Crippen LogP contribution < -0.4 is 5.73 Å². The van der Waals surface area contributed by atoms with Crippen molar-refractivity contribution in [2.24, 2.45) is 5.73 Å². The molecule has 1 saturated heterocycles. The van der Waals surface area contributed by atoms with Gasteiger partial charge in [-0.15, -0.1) is 0 Å². The molecule has 0 aromatic carbocycles. The Morgan fingerprint density at radius 3 is 2.92 bits per heavy atom. The van der Waals surface area contributed by atoms with Gasteiger partial charge in [0.15, 0.2) is 0 Å². The van der Waals surface area contributed by atoms with Gasteiger partial charge in [-0.25, -0.2) is 0 Å². The molecule has 3 nitrogen and oxygen atoms in total. The van der Waals surface area contributed by atoms with E-state index in [1.807, 2.05) is 0 Å². The molecule has 2 atom stereocenters. The number of nitrogens with zero attached hydrogens (tertiary/aromatic N) is 1. The fourth-order valence-electron chi connectivity index (χ4n) is 1.73. The molecule has 0 radical (unpaired) electrons. The van der Waals surface area contributed by atoms with Crippen molar-refractivity contribution in [1.29, 1.82) is 0 Å². The molecule has 0 amide bonds. The van der Waals surface area contributed by atoms with Crippen molar-refractivity contribution in [3.63, 3.8) is 0 Å². The maximum atomic E-state index is 5.74. The van der Waals surface area contributed by atoms with Crippen LogP contribution in [0.25, 0.3) is 0 Å². The zero-order valence-electron chi connectivity index (χ0n) is 8.83. The normalized spacial score (nSPS) is 30.7. The minimum Gasteiger partial charge on any atom is -0.378 e. The third kappa shape index (κ3) is 3.63. The van der Waals surface area contributed by atoms with Crippen molar-refractivity contribution < 1.29 is 4.74 Å². The van der Waals surface area contributed by atoms with E-state index in [2.05, 4.69) is 18.9 Å². The van der Waals surface area contributed by atoms with Crippen molar-refractivity contribution >= 4 is 0 Å². The number of likely N-dealkylation sites (tertiary alicyclic amines) is 1. The second kappa shape index (κ2) is 5.58. The summed E-state index contributed by atoms with van der Waals surface area (Å²) in [6, 6.07) is 0.664. The molecule has 2 N–H and O–H groups in total. The van der Waals surface area contributed by atoms with Crippen LogP contribution in [0.2, 0.25) is 0 Å². The van der Waals surface area contributed by atoms with E-state index < -0.39 is 0 Å². The lowest BCUT2D eigenvalue weighted by Gasteiger charge is -2.34. The minimum absolute atomic E-state index is 0.470. The number of ether oxygens (including phenoxy) is 1. The van der Waals surface area contributed by atoms with Gasteiger partial charge in [0.25, 0.3) is 0 Å². The van der Waals surface area contributed by atoms with Crippen LogP contribution in [0.3, 0.4) is 0 Å². The van der Waals surface area contributed by atoms with E-state index >= 15 is 0 Å². The van der Waals surface area contributed by atoms with Crippen molar-refractivity contribution in [3.8, 4) is 0 Å². The molecule has 0 aromatic heterocycles. The standard InChI is InChI=1S/C10H22N2O/c1-9-8-10(4-6-12(9)2)13-7-3-5-11/h9-10H,3-8,11H2,1-2H3. The molecule has 1 heterocycles. The molecule has 0 aromatic rings. The van der Waals surface area contributed by atoms with Gasteiger partial charge in [0.2, 0.25) is 0 Å². The second-order valence-electron chi connectivity index (χ2n) is 3.99. The third-order valence-corrected chi connectivity index (χ3v) is 2.86. The SMILES string of the molecule is CC1CC(OCCCN)CCN1C. The third-order valence-electron chi connectivity index (χ3n) is 2.86. The van der Waals surface area contributed by atoms with Crippen LogP contribution >= 0.6 is 0 Å². The van der Waals surface area contributed by atoms with Crippen molar-refractivity contribution in [2.75, 3.05) is 26.7 Å². The minimum atomic E-state index is 0.470. The lowest BCUT2D eigenvalue weighted by molar-refractivity contribution is -0.00506. The van der Waals surface area contributed by atoms with E-state index in [9.17, 15) is 0 Å². The van der Waals surface area contributed by atoms with Gasteiger partial charge in [-0.3, -0.25) is 0 Å². The number of piperidine rings is 1. The smallest absolute Gasteiger partial charge is 0.0602 e. The average molecular weight is 186 g/mol. The Balaban J connectivity index is 2.14. The van der Waals surface area contributed by atoms with Gasteiger partial charge >= 0.3 is 0 Å². The molecule has 0 bridgehead atoms. The maximum Gasteiger partial charge on any atom is 0.0602 e. The van der Waals surface area contributed by atoms with Crippen molar-refractivity contribution in [1.82, 2.24) is 4.90 Å². The molecule has 3 heteroatoms. The first kappa shape index (κ1) is 11.0. The summed E-state index contributed by atoms with van der Waals surface area (Å²) in [5, 5.41) is 0.